The molecule has 0 bridgehead atoms. The van der Waals surface area contributed by atoms with Crippen molar-refractivity contribution in [3.8, 4) is 0 Å². The second-order valence-electron chi connectivity index (χ2n) is 3.82. The van der Waals surface area contributed by atoms with Crippen molar-refractivity contribution in [1.29, 1.82) is 0 Å². The maximum absolute atomic E-state index is 11.0. The highest BCUT2D eigenvalue weighted by atomic mass is 32.2. The lowest BCUT2D eigenvalue weighted by Gasteiger charge is -2.04. The number of hydrogen-bond acceptors (Lipinski definition) is 3. The van der Waals surface area contributed by atoms with E-state index in [4.69, 9.17) is 10.9 Å². The number of rotatable bonds is 5. The molecule has 0 saturated carbocycles. The van der Waals surface area contributed by atoms with Crippen LogP contribution in [-0.2, 0) is 16.6 Å². The molecule has 0 spiro atoms. The van der Waals surface area contributed by atoms with Crippen LogP contribution in [0.1, 0.15) is 18.9 Å². The molecule has 0 radical (unpaired) electrons. The minimum atomic E-state index is -3.64. The van der Waals surface area contributed by atoms with Gasteiger partial charge in [0.2, 0.25) is 10.0 Å². The van der Waals surface area contributed by atoms with E-state index in [2.05, 4.69) is 10.3 Å². The highest BCUT2D eigenvalue weighted by molar-refractivity contribution is 7.89. The van der Waals surface area contributed by atoms with Gasteiger partial charge >= 0.3 is 0 Å². The monoisotopic (exact) mass is 270 g/mol. The fourth-order valence-electron chi connectivity index (χ4n) is 1.27. The summed E-state index contributed by atoms with van der Waals surface area (Å²) >= 11 is 0. The van der Waals surface area contributed by atoms with Gasteiger partial charge in [-0.05, 0) is 24.1 Å². The first-order valence-electron chi connectivity index (χ1n) is 5.59. The van der Waals surface area contributed by atoms with Crippen LogP contribution in [0, 0.1) is 0 Å². The van der Waals surface area contributed by atoms with Crippen molar-refractivity contribution in [3.05, 3.63) is 29.8 Å². The summed E-state index contributed by atoms with van der Waals surface area (Å²) < 4.78 is 22.1. The summed E-state index contributed by atoms with van der Waals surface area (Å²) in [5.41, 5.74) is 6.49. The van der Waals surface area contributed by atoms with E-state index in [9.17, 15) is 8.42 Å². The smallest absolute Gasteiger partial charge is 0.238 e. The molecule has 0 aliphatic rings. The number of hydrogen-bond donors (Lipinski definition) is 3. The standard InChI is InChI=1S/C11H18N4O2S/c1-2-7-14-11(12)15-8-9-3-5-10(6-4-9)18(13,16)17/h3-6H,2,7-8H2,1H3,(H3,12,14,15)(H2,13,16,17). The topological polar surface area (TPSA) is 111 Å². The van der Waals surface area contributed by atoms with Gasteiger partial charge in [0.25, 0.3) is 0 Å². The van der Waals surface area contributed by atoms with Gasteiger partial charge in [0.05, 0.1) is 11.4 Å². The van der Waals surface area contributed by atoms with Gasteiger partial charge in [0.15, 0.2) is 5.96 Å². The zero-order valence-electron chi connectivity index (χ0n) is 10.3. The van der Waals surface area contributed by atoms with Gasteiger partial charge in [-0.15, -0.1) is 0 Å². The summed E-state index contributed by atoms with van der Waals surface area (Å²) in [6.45, 7) is 3.21. The fraction of sp³-hybridized carbons (Fsp3) is 0.364. The van der Waals surface area contributed by atoms with Crippen molar-refractivity contribution in [1.82, 2.24) is 5.32 Å². The lowest BCUT2D eigenvalue weighted by Crippen LogP contribution is -2.32. The van der Waals surface area contributed by atoms with E-state index < -0.39 is 10.0 Å². The van der Waals surface area contributed by atoms with Gasteiger partial charge in [-0.3, -0.25) is 0 Å². The summed E-state index contributed by atoms with van der Waals surface area (Å²) in [6.07, 6.45) is 0.972. The Labute approximate surface area is 107 Å². The number of aliphatic imine (C=N–C) groups is 1. The van der Waals surface area contributed by atoms with Crippen molar-refractivity contribution in [2.75, 3.05) is 6.54 Å². The van der Waals surface area contributed by atoms with Crippen LogP contribution in [0.3, 0.4) is 0 Å². The highest BCUT2D eigenvalue weighted by Gasteiger charge is 2.06. The Morgan fingerprint density at radius 3 is 2.44 bits per heavy atom. The molecule has 5 N–H and O–H groups in total. The lowest BCUT2D eigenvalue weighted by atomic mass is 10.2. The number of nitrogens with one attached hydrogen (secondary N) is 1. The molecule has 0 aromatic heterocycles. The van der Waals surface area contributed by atoms with E-state index in [-0.39, 0.29) is 4.90 Å². The third-order valence-corrected chi connectivity index (χ3v) is 3.17. The van der Waals surface area contributed by atoms with Crippen molar-refractivity contribution in [2.24, 2.45) is 15.9 Å². The minimum absolute atomic E-state index is 0.0901. The minimum Gasteiger partial charge on any atom is -0.370 e. The molecule has 0 saturated heterocycles. The van der Waals surface area contributed by atoms with Crippen molar-refractivity contribution >= 4 is 16.0 Å². The Balaban J connectivity index is 2.65. The van der Waals surface area contributed by atoms with E-state index in [1.54, 1.807) is 12.1 Å². The molecular weight excluding hydrogens is 252 g/mol. The van der Waals surface area contributed by atoms with Crippen LogP contribution >= 0.6 is 0 Å². The Hall–Kier alpha value is -1.60. The van der Waals surface area contributed by atoms with Crippen LogP contribution < -0.4 is 16.2 Å². The normalized spacial score (nSPS) is 12.4. The molecule has 7 heteroatoms. The van der Waals surface area contributed by atoms with Gasteiger partial charge in [-0.1, -0.05) is 19.1 Å². The van der Waals surface area contributed by atoms with E-state index in [0.29, 0.717) is 12.5 Å². The average molecular weight is 270 g/mol. The fourth-order valence-corrected chi connectivity index (χ4v) is 1.79. The SMILES string of the molecule is CCCNC(N)=NCc1ccc(S(N)(=O)=O)cc1. The quantitative estimate of drug-likeness (QED) is 0.522. The molecule has 100 valence electrons. The maximum Gasteiger partial charge on any atom is 0.238 e. The lowest BCUT2D eigenvalue weighted by molar-refractivity contribution is 0.598. The highest BCUT2D eigenvalue weighted by Crippen LogP contribution is 2.09. The van der Waals surface area contributed by atoms with Gasteiger partial charge in [0, 0.05) is 6.54 Å². The zero-order chi connectivity index (χ0) is 13.6. The van der Waals surface area contributed by atoms with Gasteiger partial charge in [0.1, 0.15) is 0 Å². The first-order chi connectivity index (χ1) is 8.43. The third-order valence-electron chi connectivity index (χ3n) is 2.24. The largest absolute Gasteiger partial charge is 0.370 e. The summed E-state index contributed by atoms with van der Waals surface area (Å²) in [6, 6.07) is 6.23. The Morgan fingerprint density at radius 1 is 1.33 bits per heavy atom. The molecule has 1 aromatic rings. The van der Waals surface area contributed by atoms with Crippen LogP contribution in [0.5, 0.6) is 0 Å². The molecule has 0 fully saturated rings. The summed E-state index contributed by atoms with van der Waals surface area (Å²) in [4.78, 5) is 4.22. The predicted octanol–water partition coefficient (Wildman–Crippen LogP) is 0.148. The number of sulfonamides is 1. The molecule has 0 unspecified atom stereocenters. The number of primary sulfonamides is 1. The molecule has 6 nitrogen and oxygen atoms in total. The Bertz CT molecular complexity index is 508. The van der Waals surface area contributed by atoms with Crippen LogP contribution in [-0.4, -0.2) is 20.9 Å². The van der Waals surface area contributed by atoms with E-state index in [0.717, 1.165) is 18.5 Å². The van der Waals surface area contributed by atoms with Gasteiger partial charge in [-0.2, -0.15) is 0 Å². The molecule has 18 heavy (non-hydrogen) atoms. The van der Waals surface area contributed by atoms with E-state index in [1.165, 1.54) is 12.1 Å². The first kappa shape index (κ1) is 14.5. The van der Waals surface area contributed by atoms with Crippen molar-refractivity contribution in [3.63, 3.8) is 0 Å². The molecular formula is C11H18N4O2S. The van der Waals surface area contributed by atoms with Crippen molar-refractivity contribution in [2.45, 2.75) is 24.8 Å². The van der Waals surface area contributed by atoms with Crippen LogP contribution in [0.15, 0.2) is 34.2 Å². The summed E-state index contributed by atoms with van der Waals surface area (Å²) in [5.74, 6) is 0.382. The Kier molecular flexibility index (Phi) is 5.11. The molecule has 0 atom stereocenters. The second-order valence-corrected chi connectivity index (χ2v) is 5.38. The number of guanidine groups is 1. The molecule has 0 aliphatic carbocycles. The molecule has 0 heterocycles. The summed E-state index contributed by atoms with van der Waals surface area (Å²) in [7, 11) is -3.64. The van der Waals surface area contributed by atoms with Crippen LogP contribution in [0.25, 0.3) is 0 Å². The Morgan fingerprint density at radius 2 is 1.94 bits per heavy atom. The van der Waals surface area contributed by atoms with Crippen LogP contribution in [0.4, 0.5) is 0 Å². The number of benzene rings is 1. The second kappa shape index (κ2) is 6.36. The van der Waals surface area contributed by atoms with Gasteiger partial charge < -0.3 is 11.1 Å². The van der Waals surface area contributed by atoms with Crippen LogP contribution in [0.2, 0.25) is 0 Å². The first-order valence-corrected chi connectivity index (χ1v) is 7.13. The van der Waals surface area contributed by atoms with Crippen molar-refractivity contribution < 1.29 is 8.42 Å². The molecule has 1 aromatic carbocycles. The maximum atomic E-state index is 11.0. The zero-order valence-corrected chi connectivity index (χ0v) is 11.1. The average Bonchev–Trinajstić information content (AvgIpc) is 2.33. The van der Waals surface area contributed by atoms with E-state index in [1.807, 2.05) is 6.92 Å². The number of nitrogens with two attached hydrogens (primary N) is 2. The summed E-state index contributed by atoms with van der Waals surface area (Å²) in [5, 5.41) is 7.95. The molecule has 0 amide bonds. The number of nitrogens with zero attached hydrogens (tertiary/aromatic N) is 1. The molecule has 0 aliphatic heterocycles. The predicted molar refractivity (Wildman–Crippen MR) is 71.4 cm³/mol. The van der Waals surface area contributed by atoms with Gasteiger partial charge in [-0.25, -0.2) is 18.5 Å². The third kappa shape index (κ3) is 4.72. The molecule has 1 rings (SSSR count). The van der Waals surface area contributed by atoms with E-state index >= 15 is 0 Å².